The molecule has 1 N–H and O–H groups in total. The van der Waals surface area contributed by atoms with Crippen LogP contribution in [0.2, 0.25) is 0 Å². The van der Waals surface area contributed by atoms with Crippen molar-refractivity contribution in [1.29, 1.82) is 0 Å². The van der Waals surface area contributed by atoms with Gasteiger partial charge in [-0.3, -0.25) is 0 Å². The van der Waals surface area contributed by atoms with E-state index in [1.807, 2.05) is 105 Å². The van der Waals surface area contributed by atoms with Crippen molar-refractivity contribution in [3.05, 3.63) is 108 Å². The number of hydrogen-bond donors (Lipinski definition) is 1. The molecule has 0 spiro atoms. The second-order valence-electron chi connectivity index (χ2n) is 10.8. The van der Waals surface area contributed by atoms with Crippen LogP contribution in [0.3, 0.4) is 0 Å². The monoisotopic (exact) mass is 564 g/mol. The molecule has 6 atom stereocenters. The number of hydrogen-bond acceptors (Lipinski definition) is 8. The molecule has 41 heavy (non-hydrogen) atoms. The molecule has 2 saturated heterocycles. The highest BCUT2D eigenvalue weighted by molar-refractivity contribution is 5.15. The summed E-state index contributed by atoms with van der Waals surface area (Å²) in [6, 6.07) is 29.7. The molecule has 0 aromatic heterocycles. The Morgan fingerprint density at radius 3 is 1.78 bits per heavy atom. The van der Waals surface area contributed by atoms with E-state index in [1.165, 1.54) is 0 Å². The van der Waals surface area contributed by atoms with Crippen molar-refractivity contribution in [2.45, 2.75) is 76.3 Å². The van der Waals surface area contributed by atoms with Gasteiger partial charge in [-0.05, 0) is 30.5 Å². The van der Waals surface area contributed by atoms with Crippen molar-refractivity contribution >= 4 is 0 Å². The maximum absolute atomic E-state index is 11.5. The van der Waals surface area contributed by atoms with Gasteiger partial charge in [0.15, 0.2) is 12.1 Å². The normalized spacial score (nSPS) is 27.6. The minimum Gasteiger partial charge on any atom is -0.385 e. The summed E-state index contributed by atoms with van der Waals surface area (Å²) in [5, 5.41) is 11.5. The van der Waals surface area contributed by atoms with Crippen LogP contribution in [0, 0.1) is 0 Å². The standard InChI is InChI=1S/C33H40O8/c1-33(2)39-22-27(41-33)21-38-32-29(34)31(37-20-26-16-10-5-11-17-26)30(36-19-25-14-8-4-9-15-25)28(40-32)23-35-18-24-12-6-3-7-13-24/h3-17,27-32,34H,18-23H2,1-2H3/t27-,28+,29+,30+,31+,32-/m0/s1. The third kappa shape index (κ3) is 8.67. The van der Waals surface area contributed by atoms with Crippen LogP contribution >= 0.6 is 0 Å². The van der Waals surface area contributed by atoms with E-state index in [9.17, 15) is 5.11 Å². The zero-order valence-corrected chi connectivity index (χ0v) is 23.7. The summed E-state index contributed by atoms with van der Waals surface area (Å²) in [5.41, 5.74) is 3.05. The lowest BCUT2D eigenvalue weighted by Crippen LogP contribution is -2.61. The summed E-state index contributed by atoms with van der Waals surface area (Å²) in [6.07, 6.45) is -4.27. The van der Waals surface area contributed by atoms with Crippen molar-refractivity contribution in [3.8, 4) is 0 Å². The van der Waals surface area contributed by atoms with Gasteiger partial charge < -0.3 is 38.3 Å². The van der Waals surface area contributed by atoms with Gasteiger partial charge in [0.2, 0.25) is 0 Å². The van der Waals surface area contributed by atoms with Crippen LogP contribution in [0.4, 0.5) is 0 Å². The Bertz CT molecular complexity index is 1160. The maximum Gasteiger partial charge on any atom is 0.186 e. The molecule has 2 fully saturated rings. The second-order valence-corrected chi connectivity index (χ2v) is 10.8. The van der Waals surface area contributed by atoms with Crippen molar-refractivity contribution in [2.75, 3.05) is 19.8 Å². The highest BCUT2D eigenvalue weighted by atomic mass is 16.8. The quantitative estimate of drug-likeness (QED) is 0.322. The summed E-state index contributed by atoms with van der Waals surface area (Å²) in [4.78, 5) is 0. The van der Waals surface area contributed by atoms with Gasteiger partial charge in [0.1, 0.15) is 30.5 Å². The van der Waals surface area contributed by atoms with Crippen LogP contribution in [-0.2, 0) is 53.0 Å². The highest BCUT2D eigenvalue weighted by Gasteiger charge is 2.48. The zero-order chi connectivity index (χ0) is 28.5. The van der Waals surface area contributed by atoms with Crippen LogP contribution in [0.15, 0.2) is 91.0 Å². The lowest BCUT2D eigenvalue weighted by atomic mass is 9.98. The first-order valence-electron chi connectivity index (χ1n) is 14.2. The first-order valence-corrected chi connectivity index (χ1v) is 14.2. The molecule has 8 heteroatoms. The lowest BCUT2D eigenvalue weighted by Gasteiger charge is -2.44. The Balaban J connectivity index is 1.32. The van der Waals surface area contributed by atoms with Crippen LogP contribution in [-0.4, -0.2) is 67.5 Å². The van der Waals surface area contributed by atoms with Gasteiger partial charge in [-0.25, -0.2) is 0 Å². The molecule has 0 radical (unpaired) electrons. The van der Waals surface area contributed by atoms with Gasteiger partial charge >= 0.3 is 0 Å². The van der Waals surface area contributed by atoms with Crippen LogP contribution in [0.1, 0.15) is 30.5 Å². The Morgan fingerprint density at radius 2 is 1.24 bits per heavy atom. The number of benzene rings is 3. The Hall–Kier alpha value is -2.66. The fourth-order valence-corrected chi connectivity index (χ4v) is 5.01. The van der Waals surface area contributed by atoms with Gasteiger partial charge in [-0.2, -0.15) is 0 Å². The fourth-order valence-electron chi connectivity index (χ4n) is 5.01. The van der Waals surface area contributed by atoms with Gasteiger partial charge in [-0.1, -0.05) is 91.0 Å². The molecule has 2 aliphatic heterocycles. The predicted molar refractivity (Wildman–Crippen MR) is 152 cm³/mol. The van der Waals surface area contributed by atoms with Gasteiger partial charge in [0.25, 0.3) is 0 Å². The molecule has 2 aliphatic rings. The number of ether oxygens (including phenoxy) is 7. The maximum atomic E-state index is 11.5. The largest absolute Gasteiger partial charge is 0.385 e. The summed E-state index contributed by atoms with van der Waals surface area (Å²) < 4.78 is 42.9. The minimum absolute atomic E-state index is 0.198. The molecule has 2 heterocycles. The fraction of sp³-hybridized carbons (Fsp3) is 0.455. The van der Waals surface area contributed by atoms with Gasteiger partial charge in [-0.15, -0.1) is 0 Å². The third-order valence-electron chi connectivity index (χ3n) is 7.09. The van der Waals surface area contributed by atoms with Crippen molar-refractivity contribution in [1.82, 2.24) is 0 Å². The Morgan fingerprint density at radius 1 is 0.707 bits per heavy atom. The van der Waals surface area contributed by atoms with Crippen LogP contribution < -0.4 is 0 Å². The second kappa shape index (κ2) is 14.5. The third-order valence-corrected chi connectivity index (χ3v) is 7.09. The van der Waals surface area contributed by atoms with E-state index in [1.54, 1.807) is 0 Å². The molecule has 0 aliphatic carbocycles. The Labute approximate surface area is 242 Å². The van der Waals surface area contributed by atoms with E-state index in [-0.39, 0.29) is 19.3 Å². The molecule has 0 bridgehead atoms. The van der Waals surface area contributed by atoms with E-state index in [0.717, 1.165) is 16.7 Å². The predicted octanol–water partition coefficient (Wildman–Crippen LogP) is 4.63. The van der Waals surface area contributed by atoms with E-state index < -0.39 is 36.5 Å². The van der Waals surface area contributed by atoms with Gasteiger partial charge in [0, 0.05) is 0 Å². The molecule has 3 aromatic carbocycles. The van der Waals surface area contributed by atoms with E-state index >= 15 is 0 Å². The molecule has 220 valence electrons. The van der Waals surface area contributed by atoms with Crippen molar-refractivity contribution in [2.24, 2.45) is 0 Å². The molecule has 0 unspecified atom stereocenters. The summed E-state index contributed by atoms with van der Waals surface area (Å²) in [5.74, 6) is -0.675. The minimum atomic E-state index is -1.11. The topological polar surface area (TPSA) is 84.8 Å². The smallest absolute Gasteiger partial charge is 0.186 e. The average Bonchev–Trinajstić information content (AvgIpc) is 3.35. The summed E-state index contributed by atoms with van der Waals surface area (Å²) >= 11 is 0. The SMILES string of the molecule is CC1(C)OC[C@H](CO[C@H]2O[C@H](COCc3ccccc3)[C@@H](OCc3ccccc3)[C@H](OCc3ccccc3)[C@H]2O)O1. The number of aliphatic hydroxyl groups excluding tert-OH is 1. The first-order chi connectivity index (χ1) is 20.0. The summed E-state index contributed by atoms with van der Waals surface area (Å²) in [7, 11) is 0. The average molecular weight is 565 g/mol. The summed E-state index contributed by atoms with van der Waals surface area (Å²) in [6.45, 7) is 5.59. The van der Waals surface area contributed by atoms with E-state index in [2.05, 4.69) is 0 Å². The van der Waals surface area contributed by atoms with Crippen molar-refractivity contribution in [3.63, 3.8) is 0 Å². The molecular formula is C33H40O8. The molecular weight excluding hydrogens is 524 g/mol. The van der Waals surface area contributed by atoms with Crippen LogP contribution in [0.25, 0.3) is 0 Å². The van der Waals surface area contributed by atoms with Gasteiger partial charge in [0.05, 0.1) is 39.6 Å². The lowest BCUT2D eigenvalue weighted by molar-refractivity contribution is -0.322. The Kier molecular flexibility index (Phi) is 10.5. The zero-order valence-electron chi connectivity index (χ0n) is 23.7. The van der Waals surface area contributed by atoms with E-state index in [0.29, 0.717) is 26.4 Å². The molecule has 0 saturated carbocycles. The molecule has 5 rings (SSSR count). The van der Waals surface area contributed by atoms with Crippen LogP contribution in [0.5, 0.6) is 0 Å². The van der Waals surface area contributed by atoms with E-state index in [4.69, 9.17) is 33.2 Å². The molecule has 3 aromatic rings. The molecule has 0 amide bonds. The van der Waals surface area contributed by atoms with Crippen molar-refractivity contribution < 1.29 is 38.3 Å². The number of aliphatic hydroxyl groups is 1. The highest BCUT2D eigenvalue weighted by Crippen LogP contribution is 2.30. The number of rotatable bonds is 13. The first kappa shape index (κ1) is 29.8. The molecule has 8 nitrogen and oxygen atoms in total.